The number of nitrogens with two attached hydrogens (primary N) is 1. The Balaban J connectivity index is 2.08. The Labute approximate surface area is 127 Å². The summed E-state index contributed by atoms with van der Waals surface area (Å²) in [4.78, 5) is 16.2. The van der Waals surface area contributed by atoms with Crippen molar-refractivity contribution in [1.29, 1.82) is 0 Å². The van der Waals surface area contributed by atoms with Gasteiger partial charge in [0.25, 0.3) is 5.91 Å². The Morgan fingerprint density at radius 2 is 2.35 bits per heavy atom. The zero-order valence-corrected chi connectivity index (χ0v) is 12.8. The van der Waals surface area contributed by atoms with Crippen LogP contribution in [0.25, 0.3) is 0 Å². The van der Waals surface area contributed by atoms with E-state index in [0.29, 0.717) is 21.3 Å². The van der Waals surface area contributed by atoms with E-state index in [2.05, 4.69) is 31.4 Å². The zero-order chi connectivity index (χ0) is 14.7. The molecule has 104 valence electrons. The van der Waals surface area contributed by atoms with Crippen molar-refractivity contribution >= 4 is 44.5 Å². The molecule has 0 aliphatic heterocycles. The molecule has 0 fully saturated rings. The number of nitrogen functional groups attached to an aromatic ring is 1. The Morgan fingerprint density at radius 3 is 3.00 bits per heavy atom. The van der Waals surface area contributed by atoms with E-state index in [-0.39, 0.29) is 11.7 Å². The lowest BCUT2D eigenvalue weighted by Gasteiger charge is -2.00. The first-order valence-electron chi connectivity index (χ1n) is 5.52. The summed E-state index contributed by atoms with van der Waals surface area (Å²) in [7, 11) is 0. The number of aromatic nitrogens is 1. The number of hydrazone groups is 1. The van der Waals surface area contributed by atoms with Gasteiger partial charge in [-0.3, -0.25) is 4.79 Å². The van der Waals surface area contributed by atoms with Crippen molar-refractivity contribution in [2.24, 2.45) is 5.10 Å². The first-order chi connectivity index (χ1) is 9.47. The number of nitrogens with one attached hydrogen (secondary N) is 1. The summed E-state index contributed by atoms with van der Waals surface area (Å²) in [6.07, 6.45) is 1.36. The van der Waals surface area contributed by atoms with E-state index in [0.717, 1.165) is 15.8 Å². The van der Waals surface area contributed by atoms with Gasteiger partial charge in [0.2, 0.25) is 0 Å². The van der Waals surface area contributed by atoms with E-state index in [1.807, 2.05) is 0 Å². The van der Waals surface area contributed by atoms with Gasteiger partial charge in [0.1, 0.15) is 10.6 Å². The van der Waals surface area contributed by atoms with E-state index in [4.69, 9.17) is 5.73 Å². The Kier molecular flexibility index (Phi) is 4.35. The molecular weight excluding hydrogens is 344 g/mol. The van der Waals surface area contributed by atoms with Crippen molar-refractivity contribution in [3.8, 4) is 5.75 Å². The number of nitrogens with zero attached hydrogens (tertiary/aromatic N) is 2. The second kappa shape index (κ2) is 6.02. The van der Waals surface area contributed by atoms with E-state index >= 15 is 0 Å². The van der Waals surface area contributed by atoms with Gasteiger partial charge < -0.3 is 10.8 Å². The van der Waals surface area contributed by atoms with Crippen LogP contribution >= 0.6 is 27.3 Å². The van der Waals surface area contributed by atoms with Crippen LogP contribution in [0.4, 0.5) is 5.13 Å². The summed E-state index contributed by atoms with van der Waals surface area (Å²) in [6.45, 7) is 1.70. The van der Waals surface area contributed by atoms with Gasteiger partial charge in [-0.15, -0.1) is 0 Å². The van der Waals surface area contributed by atoms with E-state index in [1.165, 1.54) is 12.3 Å². The summed E-state index contributed by atoms with van der Waals surface area (Å²) >= 11 is 4.38. The molecule has 1 heterocycles. The molecule has 0 atom stereocenters. The lowest BCUT2D eigenvalue weighted by atomic mass is 10.2. The Hall–Kier alpha value is -1.93. The standard InChI is InChI=1S/C12H11BrN4O2S/c1-6-10(20-12(14)16-6)11(19)17-15-5-7-4-8(13)2-3-9(7)18/h2-5,18H,1H3,(H2,14,16)(H,17,19). The number of halogens is 1. The molecule has 1 aromatic carbocycles. The quantitative estimate of drug-likeness (QED) is 0.581. The maximum atomic E-state index is 11.8. The molecular formula is C12H11BrN4O2S. The van der Waals surface area contributed by atoms with Crippen molar-refractivity contribution in [2.45, 2.75) is 6.92 Å². The molecule has 4 N–H and O–H groups in total. The molecule has 0 bridgehead atoms. The third-order valence-electron chi connectivity index (χ3n) is 2.38. The SMILES string of the molecule is Cc1nc(N)sc1C(=O)NN=Cc1cc(Br)ccc1O. The molecule has 1 aromatic heterocycles. The summed E-state index contributed by atoms with van der Waals surface area (Å²) in [6, 6.07) is 4.91. The zero-order valence-electron chi connectivity index (χ0n) is 10.4. The molecule has 0 spiro atoms. The lowest BCUT2D eigenvalue weighted by molar-refractivity contribution is 0.0958. The van der Waals surface area contributed by atoms with Crippen LogP contribution in [0.15, 0.2) is 27.8 Å². The van der Waals surface area contributed by atoms with Gasteiger partial charge >= 0.3 is 0 Å². The van der Waals surface area contributed by atoms with Crippen LogP contribution in [0.5, 0.6) is 5.75 Å². The van der Waals surface area contributed by atoms with E-state index in [9.17, 15) is 9.90 Å². The number of carbonyl (C=O) groups excluding carboxylic acids is 1. The van der Waals surface area contributed by atoms with Crippen molar-refractivity contribution in [3.05, 3.63) is 38.8 Å². The molecule has 1 amide bonds. The van der Waals surface area contributed by atoms with Gasteiger partial charge in [-0.05, 0) is 25.1 Å². The van der Waals surface area contributed by atoms with Gasteiger partial charge in [0.15, 0.2) is 5.13 Å². The average molecular weight is 355 g/mol. The molecule has 8 heteroatoms. The van der Waals surface area contributed by atoms with Gasteiger partial charge in [0, 0.05) is 10.0 Å². The second-order valence-electron chi connectivity index (χ2n) is 3.87. The number of anilines is 1. The minimum atomic E-state index is -0.387. The average Bonchev–Trinajstić information content (AvgIpc) is 2.72. The van der Waals surface area contributed by atoms with Gasteiger partial charge in [-0.25, -0.2) is 10.4 Å². The number of aromatic hydroxyl groups is 1. The minimum absolute atomic E-state index is 0.0735. The first-order valence-corrected chi connectivity index (χ1v) is 7.13. The summed E-state index contributed by atoms with van der Waals surface area (Å²) in [5.41, 5.74) is 8.94. The summed E-state index contributed by atoms with van der Waals surface area (Å²) < 4.78 is 0.800. The number of phenols is 1. The fourth-order valence-electron chi connectivity index (χ4n) is 1.47. The molecule has 0 radical (unpaired) electrons. The molecule has 2 rings (SSSR count). The smallest absolute Gasteiger partial charge is 0.283 e. The van der Waals surface area contributed by atoms with Gasteiger partial charge in [-0.1, -0.05) is 27.3 Å². The van der Waals surface area contributed by atoms with Crippen LogP contribution in [0.1, 0.15) is 20.9 Å². The lowest BCUT2D eigenvalue weighted by Crippen LogP contribution is -2.17. The molecule has 0 saturated carbocycles. The van der Waals surface area contributed by atoms with E-state index in [1.54, 1.807) is 19.1 Å². The highest BCUT2D eigenvalue weighted by atomic mass is 79.9. The molecule has 0 unspecified atom stereocenters. The van der Waals surface area contributed by atoms with Crippen LogP contribution in [0.3, 0.4) is 0 Å². The van der Waals surface area contributed by atoms with Crippen molar-refractivity contribution in [1.82, 2.24) is 10.4 Å². The van der Waals surface area contributed by atoms with Crippen LogP contribution in [-0.2, 0) is 0 Å². The monoisotopic (exact) mass is 354 g/mol. The second-order valence-corrected chi connectivity index (χ2v) is 5.82. The van der Waals surface area contributed by atoms with Crippen molar-refractivity contribution in [3.63, 3.8) is 0 Å². The fraction of sp³-hybridized carbons (Fsp3) is 0.0833. The Morgan fingerprint density at radius 1 is 1.60 bits per heavy atom. The van der Waals surface area contributed by atoms with E-state index < -0.39 is 0 Å². The molecule has 0 aliphatic carbocycles. The number of benzene rings is 1. The molecule has 20 heavy (non-hydrogen) atoms. The highest BCUT2D eigenvalue weighted by Crippen LogP contribution is 2.20. The highest BCUT2D eigenvalue weighted by Gasteiger charge is 2.13. The van der Waals surface area contributed by atoms with Crippen LogP contribution in [0, 0.1) is 6.92 Å². The maximum Gasteiger partial charge on any atom is 0.283 e. The highest BCUT2D eigenvalue weighted by molar-refractivity contribution is 9.10. The number of carbonyl (C=O) groups is 1. The number of aryl methyl sites for hydroxylation is 1. The summed E-state index contributed by atoms with van der Waals surface area (Å²) in [5, 5.41) is 13.8. The largest absolute Gasteiger partial charge is 0.507 e. The van der Waals surface area contributed by atoms with Crippen LogP contribution in [-0.4, -0.2) is 22.2 Å². The first kappa shape index (κ1) is 14.5. The minimum Gasteiger partial charge on any atom is -0.507 e. The molecule has 6 nitrogen and oxygen atoms in total. The number of amides is 1. The van der Waals surface area contributed by atoms with Crippen LogP contribution < -0.4 is 11.2 Å². The molecule has 0 saturated heterocycles. The Bertz CT molecular complexity index is 684. The number of hydrogen-bond donors (Lipinski definition) is 3. The number of hydrogen-bond acceptors (Lipinski definition) is 6. The molecule has 2 aromatic rings. The fourth-order valence-corrected chi connectivity index (χ4v) is 2.57. The predicted octanol–water partition coefficient (Wildman–Crippen LogP) is 2.27. The summed E-state index contributed by atoms with van der Waals surface area (Å²) in [5.74, 6) is -0.313. The van der Waals surface area contributed by atoms with Crippen molar-refractivity contribution < 1.29 is 9.90 Å². The third-order valence-corrected chi connectivity index (χ3v) is 3.86. The molecule has 0 aliphatic rings. The predicted molar refractivity (Wildman–Crippen MR) is 82.1 cm³/mol. The number of rotatable bonds is 3. The number of thiazole rings is 1. The van der Waals surface area contributed by atoms with Gasteiger partial charge in [0.05, 0.1) is 11.9 Å². The normalized spacial score (nSPS) is 10.9. The van der Waals surface area contributed by atoms with Crippen molar-refractivity contribution in [2.75, 3.05) is 5.73 Å². The number of phenolic OH excluding ortho intramolecular Hbond substituents is 1. The maximum absolute atomic E-state index is 11.8. The topological polar surface area (TPSA) is 101 Å². The third kappa shape index (κ3) is 3.34. The van der Waals surface area contributed by atoms with Gasteiger partial charge in [-0.2, -0.15) is 5.10 Å². The van der Waals surface area contributed by atoms with Crippen LogP contribution in [0.2, 0.25) is 0 Å².